The highest BCUT2D eigenvalue weighted by Gasteiger charge is 2.50. The Bertz CT molecular complexity index is 789. The zero-order valence-electron chi connectivity index (χ0n) is 15.2. The quantitative estimate of drug-likeness (QED) is 0.585. The van der Waals surface area contributed by atoms with Crippen molar-refractivity contribution in [2.45, 2.75) is 31.5 Å². The summed E-state index contributed by atoms with van der Waals surface area (Å²) >= 11 is 5.95. The van der Waals surface area contributed by atoms with E-state index in [9.17, 15) is 27.9 Å². The fourth-order valence-electron chi connectivity index (χ4n) is 3.65. The number of nitrogens with zero attached hydrogens (tertiary/aromatic N) is 1. The van der Waals surface area contributed by atoms with Gasteiger partial charge in [-0.1, -0.05) is 11.6 Å². The summed E-state index contributed by atoms with van der Waals surface area (Å²) in [6.45, 7) is 0.341. The van der Waals surface area contributed by atoms with Crippen LogP contribution in [0.4, 0.5) is 13.2 Å². The third-order valence-corrected chi connectivity index (χ3v) is 5.46. The molecule has 2 aliphatic rings. The topological polar surface area (TPSA) is 107 Å². The van der Waals surface area contributed by atoms with E-state index < -0.39 is 29.2 Å². The van der Waals surface area contributed by atoms with Crippen molar-refractivity contribution in [3.63, 3.8) is 0 Å². The fourth-order valence-corrected chi connectivity index (χ4v) is 3.85. The van der Waals surface area contributed by atoms with Crippen LogP contribution in [0.1, 0.15) is 35.2 Å². The molecule has 29 heavy (non-hydrogen) atoms. The molecular formula is C18H20ClF3N2O5. The van der Waals surface area contributed by atoms with Gasteiger partial charge in [-0.25, -0.2) is 0 Å². The first kappa shape index (κ1) is 23.0. The Balaban J connectivity index is 0.000000941. The van der Waals surface area contributed by atoms with Gasteiger partial charge in [-0.3, -0.25) is 14.4 Å². The first-order valence-electron chi connectivity index (χ1n) is 8.77. The van der Waals surface area contributed by atoms with Gasteiger partial charge in [-0.05, 0) is 37.5 Å². The van der Waals surface area contributed by atoms with E-state index in [0.29, 0.717) is 19.4 Å². The number of aliphatic hydroxyl groups excluding tert-OH is 1. The molecule has 1 aromatic rings. The number of rotatable bonds is 1. The molecule has 0 radical (unpaired) electrons. The lowest BCUT2D eigenvalue weighted by atomic mass is 9.71. The van der Waals surface area contributed by atoms with Crippen molar-refractivity contribution in [3.8, 4) is 0 Å². The Morgan fingerprint density at radius 2 is 2.03 bits per heavy atom. The van der Waals surface area contributed by atoms with Crippen molar-refractivity contribution in [2.75, 3.05) is 19.6 Å². The molecule has 0 aromatic heterocycles. The molecule has 160 valence electrons. The number of amides is 2. The number of piperidine rings is 2. The summed E-state index contributed by atoms with van der Waals surface area (Å²) < 4.78 is 38.8. The molecule has 2 aliphatic heterocycles. The van der Waals surface area contributed by atoms with Crippen molar-refractivity contribution in [3.05, 3.63) is 34.3 Å². The summed E-state index contributed by atoms with van der Waals surface area (Å²) in [5.41, 5.74) is -2.35. The van der Waals surface area contributed by atoms with Gasteiger partial charge in [-0.15, -0.1) is 0 Å². The highest BCUT2D eigenvalue weighted by Crippen LogP contribution is 2.38. The Kier molecular flexibility index (Phi) is 7.12. The monoisotopic (exact) mass is 436 g/mol. The number of carbonyl (C=O) groups excluding carboxylic acids is 2. The maximum Gasteiger partial charge on any atom is 0.416 e. The van der Waals surface area contributed by atoms with Crippen LogP contribution in [0, 0.1) is 5.41 Å². The van der Waals surface area contributed by atoms with Gasteiger partial charge in [0, 0.05) is 19.6 Å². The number of carboxylic acid groups (broad SMARTS) is 1. The molecule has 0 aliphatic carbocycles. The van der Waals surface area contributed by atoms with E-state index in [2.05, 4.69) is 5.32 Å². The normalized spacial score (nSPS) is 24.4. The largest absolute Gasteiger partial charge is 0.483 e. The van der Waals surface area contributed by atoms with Gasteiger partial charge in [0.1, 0.15) is 0 Å². The van der Waals surface area contributed by atoms with Gasteiger partial charge >= 0.3 is 6.18 Å². The summed E-state index contributed by atoms with van der Waals surface area (Å²) in [4.78, 5) is 34.8. The number of benzene rings is 1. The van der Waals surface area contributed by atoms with Crippen LogP contribution in [-0.4, -0.2) is 59.1 Å². The highest BCUT2D eigenvalue weighted by atomic mass is 35.5. The van der Waals surface area contributed by atoms with Crippen LogP contribution < -0.4 is 5.32 Å². The molecule has 0 bridgehead atoms. The van der Waals surface area contributed by atoms with Crippen molar-refractivity contribution in [2.24, 2.45) is 5.41 Å². The van der Waals surface area contributed by atoms with Crippen LogP contribution in [0.2, 0.25) is 5.02 Å². The van der Waals surface area contributed by atoms with Crippen LogP contribution >= 0.6 is 11.6 Å². The second-order valence-corrected chi connectivity index (χ2v) is 7.25. The van der Waals surface area contributed by atoms with Crippen LogP contribution in [0.25, 0.3) is 0 Å². The lowest BCUT2D eigenvalue weighted by Crippen LogP contribution is -2.62. The first-order valence-corrected chi connectivity index (χ1v) is 9.15. The molecule has 0 unspecified atom stereocenters. The molecule has 2 fully saturated rings. The third-order valence-electron chi connectivity index (χ3n) is 5.13. The number of alkyl halides is 3. The Hall–Kier alpha value is -2.33. The number of hydrogen-bond donors (Lipinski definition) is 3. The molecule has 2 heterocycles. The summed E-state index contributed by atoms with van der Waals surface area (Å²) in [6, 6.07) is 2.58. The van der Waals surface area contributed by atoms with E-state index in [1.807, 2.05) is 0 Å². The zero-order valence-corrected chi connectivity index (χ0v) is 16.0. The fraction of sp³-hybridized carbons (Fsp3) is 0.500. The van der Waals surface area contributed by atoms with Crippen LogP contribution in [-0.2, 0) is 15.8 Å². The summed E-state index contributed by atoms with van der Waals surface area (Å²) in [6.07, 6.45) is -4.24. The average Bonchev–Trinajstić information content (AvgIpc) is 2.66. The third kappa shape index (κ3) is 4.81. The molecule has 3 N–H and O–H groups in total. The van der Waals surface area contributed by atoms with Gasteiger partial charge < -0.3 is 20.4 Å². The van der Waals surface area contributed by atoms with E-state index in [0.717, 1.165) is 18.2 Å². The van der Waals surface area contributed by atoms with Crippen molar-refractivity contribution in [1.82, 2.24) is 10.2 Å². The van der Waals surface area contributed by atoms with E-state index in [4.69, 9.17) is 21.5 Å². The van der Waals surface area contributed by atoms with Crippen LogP contribution in [0.5, 0.6) is 0 Å². The molecule has 2 atom stereocenters. The van der Waals surface area contributed by atoms with Gasteiger partial charge in [0.15, 0.2) is 0 Å². The van der Waals surface area contributed by atoms with E-state index in [1.165, 1.54) is 4.90 Å². The second-order valence-electron chi connectivity index (χ2n) is 6.84. The maximum absolute atomic E-state index is 12.9. The van der Waals surface area contributed by atoms with Gasteiger partial charge in [-0.2, -0.15) is 13.2 Å². The SMILES string of the molecule is O=C(c1cc(C(F)(F)F)ccc1Cl)N1CC[C@H](O)[C@@]2(CCCNC2=O)C1.O=CO. The number of nitrogens with one attached hydrogen (secondary N) is 1. The minimum absolute atomic E-state index is 0.0502. The molecule has 2 amide bonds. The van der Waals surface area contributed by atoms with E-state index in [-0.39, 0.29) is 42.5 Å². The molecule has 0 saturated carbocycles. The zero-order chi connectivity index (χ0) is 21.8. The molecule has 11 heteroatoms. The Labute approximate surface area is 169 Å². The van der Waals surface area contributed by atoms with Crippen molar-refractivity contribution in [1.29, 1.82) is 0 Å². The lowest BCUT2D eigenvalue weighted by Gasteiger charge is -2.46. The minimum Gasteiger partial charge on any atom is -0.483 e. The number of aliphatic hydroxyl groups is 1. The van der Waals surface area contributed by atoms with Crippen molar-refractivity contribution >= 4 is 29.9 Å². The number of halogens is 4. The Morgan fingerprint density at radius 3 is 2.62 bits per heavy atom. The second kappa shape index (κ2) is 9.00. The average molecular weight is 437 g/mol. The molecule has 3 rings (SSSR count). The maximum atomic E-state index is 12.9. The lowest BCUT2D eigenvalue weighted by molar-refractivity contribution is -0.147. The molecule has 1 spiro atoms. The van der Waals surface area contributed by atoms with Crippen molar-refractivity contribution < 1.29 is 37.8 Å². The van der Waals surface area contributed by atoms with E-state index >= 15 is 0 Å². The molecule has 7 nitrogen and oxygen atoms in total. The number of carbonyl (C=O) groups is 3. The predicted molar refractivity (Wildman–Crippen MR) is 96.4 cm³/mol. The summed E-state index contributed by atoms with van der Waals surface area (Å²) in [5.74, 6) is -1.00. The van der Waals surface area contributed by atoms with Crippen LogP contribution in [0.15, 0.2) is 18.2 Å². The highest BCUT2D eigenvalue weighted by molar-refractivity contribution is 6.33. The standard InChI is InChI=1S/C17H18ClF3N2O3.CH2O2/c18-12-3-2-10(17(19,20)21)8-11(12)14(25)23-7-4-13(24)16(9-23)5-1-6-22-15(16)26;2-1-3/h2-3,8,13,24H,1,4-7,9H2,(H,22,26);1H,(H,2,3)/t13-,16+;/m0./s1. The first-order chi connectivity index (χ1) is 13.6. The molecule has 1 aromatic carbocycles. The molecular weight excluding hydrogens is 417 g/mol. The van der Waals surface area contributed by atoms with E-state index in [1.54, 1.807) is 0 Å². The van der Waals surface area contributed by atoms with Gasteiger partial charge in [0.2, 0.25) is 5.91 Å². The van der Waals surface area contributed by atoms with Gasteiger partial charge in [0.25, 0.3) is 12.4 Å². The van der Waals surface area contributed by atoms with Gasteiger partial charge in [0.05, 0.1) is 27.7 Å². The van der Waals surface area contributed by atoms with Crippen LogP contribution in [0.3, 0.4) is 0 Å². The summed E-state index contributed by atoms with van der Waals surface area (Å²) in [7, 11) is 0. The predicted octanol–water partition coefficient (Wildman–Crippen LogP) is 2.16. The minimum atomic E-state index is -4.60. The smallest absolute Gasteiger partial charge is 0.416 e. The number of likely N-dealkylation sites (tertiary alicyclic amines) is 1. The Morgan fingerprint density at radius 1 is 1.38 bits per heavy atom. The summed E-state index contributed by atoms with van der Waals surface area (Å²) in [5, 5.41) is 19.9. The number of hydrogen-bond acceptors (Lipinski definition) is 4. The molecule has 2 saturated heterocycles.